The Kier molecular flexibility index (Phi) is 5.78. The Bertz CT molecular complexity index is 579. The second kappa shape index (κ2) is 7.73. The van der Waals surface area contributed by atoms with Gasteiger partial charge in [-0.15, -0.1) is 0 Å². The maximum Gasteiger partial charge on any atom is 0.133 e. The number of Topliss-reactive ketones (excluding diaryl/α,β-unsaturated/α-hetero) is 1. The lowest BCUT2D eigenvalue weighted by Gasteiger charge is -2.60. The Morgan fingerprint density at radius 2 is 1.64 bits per heavy atom. The monoisotopic (exact) mass is 386 g/mol. The normalized spacial score (nSPS) is 46.8. The molecule has 1 nitrogen and oxygen atoms in total. The minimum Gasteiger partial charge on any atom is -0.300 e. The third kappa shape index (κ3) is 3.41. The van der Waals surface area contributed by atoms with Crippen LogP contribution in [0.5, 0.6) is 0 Å². The molecule has 160 valence electrons. The van der Waals surface area contributed by atoms with Crippen LogP contribution in [0.2, 0.25) is 0 Å². The van der Waals surface area contributed by atoms with Gasteiger partial charge in [0.15, 0.2) is 0 Å². The highest BCUT2D eigenvalue weighted by molar-refractivity contribution is 5.79. The second-order valence-electron chi connectivity index (χ2n) is 12.4. The quantitative estimate of drug-likeness (QED) is 0.473. The van der Waals surface area contributed by atoms with E-state index in [2.05, 4.69) is 34.6 Å². The summed E-state index contributed by atoms with van der Waals surface area (Å²) in [6.07, 6.45) is 15.9. The molecular formula is C27H46O. The van der Waals surface area contributed by atoms with E-state index in [4.69, 9.17) is 0 Å². The van der Waals surface area contributed by atoms with E-state index in [9.17, 15) is 4.79 Å². The van der Waals surface area contributed by atoms with Crippen LogP contribution in [0.3, 0.4) is 0 Å². The van der Waals surface area contributed by atoms with Gasteiger partial charge in [0.2, 0.25) is 0 Å². The molecule has 4 rings (SSSR count). The first-order chi connectivity index (χ1) is 13.3. The molecule has 4 aliphatic rings. The first kappa shape index (κ1) is 20.9. The fourth-order valence-electron chi connectivity index (χ4n) is 9.07. The van der Waals surface area contributed by atoms with Gasteiger partial charge in [-0.3, -0.25) is 4.79 Å². The molecule has 0 amide bonds. The summed E-state index contributed by atoms with van der Waals surface area (Å²) in [6.45, 7) is 12.6. The number of hydrogen-bond donors (Lipinski definition) is 0. The van der Waals surface area contributed by atoms with Gasteiger partial charge in [0.05, 0.1) is 0 Å². The molecule has 0 spiro atoms. The van der Waals surface area contributed by atoms with E-state index in [1.54, 1.807) is 0 Å². The molecule has 1 heteroatoms. The van der Waals surface area contributed by atoms with Crippen molar-refractivity contribution in [3.05, 3.63) is 0 Å². The zero-order chi connectivity index (χ0) is 20.1. The van der Waals surface area contributed by atoms with Crippen LogP contribution in [-0.4, -0.2) is 5.78 Å². The van der Waals surface area contributed by atoms with E-state index in [1.807, 2.05) is 0 Å². The van der Waals surface area contributed by atoms with Crippen molar-refractivity contribution in [3.63, 3.8) is 0 Å². The molecule has 0 bridgehead atoms. The molecule has 0 radical (unpaired) electrons. The molecule has 4 fully saturated rings. The number of fused-ring (bicyclic) bond motifs is 5. The van der Waals surface area contributed by atoms with Gasteiger partial charge in [0.1, 0.15) is 5.78 Å². The zero-order valence-corrected chi connectivity index (χ0v) is 19.4. The third-order valence-electron chi connectivity index (χ3n) is 10.7. The number of carbonyl (C=O) groups excluding carboxylic acids is 1. The van der Waals surface area contributed by atoms with Crippen LogP contribution in [0.4, 0.5) is 0 Å². The van der Waals surface area contributed by atoms with Crippen LogP contribution < -0.4 is 0 Å². The van der Waals surface area contributed by atoms with Crippen molar-refractivity contribution in [2.24, 2.45) is 52.3 Å². The minimum absolute atomic E-state index is 0.471. The smallest absolute Gasteiger partial charge is 0.133 e. The van der Waals surface area contributed by atoms with Crippen LogP contribution in [-0.2, 0) is 4.79 Å². The molecule has 0 unspecified atom stereocenters. The predicted octanol–water partition coefficient (Wildman–Crippen LogP) is 7.68. The summed E-state index contributed by atoms with van der Waals surface area (Å²) >= 11 is 0. The average molecular weight is 387 g/mol. The van der Waals surface area contributed by atoms with Crippen LogP contribution in [0.15, 0.2) is 0 Å². The van der Waals surface area contributed by atoms with E-state index in [0.29, 0.717) is 22.5 Å². The molecule has 0 saturated heterocycles. The van der Waals surface area contributed by atoms with E-state index in [0.717, 1.165) is 48.3 Å². The molecule has 0 aromatic carbocycles. The SMILES string of the molecule is CC(C)CCC[C@H](C)[C@H]1CC[C@@H]2[C@H]3CC[C@H]4CC(=O)CC[C@]4(C)[C@H]3CC[C@@]21C. The van der Waals surface area contributed by atoms with Crippen molar-refractivity contribution in [1.29, 1.82) is 0 Å². The Morgan fingerprint density at radius 1 is 0.893 bits per heavy atom. The standard InChI is InChI=1S/C27H46O/c1-18(2)7-6-8-19(3)23-11-12-24-22-10-9-20-17-21(28)13-15-26(20,4)25(22)14-16-27(23,24)5/h18-20,22-25H,6-17H2,1-5H3/t19-,20-,22+,23+,24+,25-,26-,27+/m0/s1. The molecule has 0 aliphatic heterocycles. The molecule has 0 aromatic heterocycles. The summed E-state index contributed by atoms with van der Waals surface area (Å²) < 4.78 is 0. The van der Waals surface area contributed by atoms with E-state index >= 15 is 0 Å². The Hall–Kier alpha value is -0.330. The first-order valence-electron chi connectivity index (χ1n) is 12.8. The molecular weight excluding hydrogens is 340 g/mol. The summed E-state index contributed by atoms with van der Waals surface area (Å²) in [6, 6.07) is 0. The average Bonchev–Trinajstić information content (AvgIpc) is 2.99. The molecule has 0 aromatic rings. The number of ketones is 1. The van der Waals surface area contributed by atoms with E-state index < -0.39 is 0 Å². The summed E-state index contributed by atoms with van der Waals surface area (Å²) in [4.78, 5) is 12.1. The Morgan fingerprint density at radius 3 is 2.39 bits per heavy atom. The van der Waals surface area contributed by atoms with Crippen molar-refractivity contribution in [3.8, 4) is 0 Å². The lowest BCUT2D eigenvalue weighted by molar-refractivity contribution is -0.140. The molecule has 4 saturated carbocycles. The maximum absolute atomic E-state index is 12.1. The van der Waals surface area contributed by atoms with Gasteiger partial charge in [0, 0.05) is 12.8 Å². The minimum atomic E-state index is 0.471. The summed E-state index contributed by atoms with van der Waals surface area (Å²) in [5.41, 5.74) is 1.07. The first-order valence-corrected chi connectivity index (χ1v) is 12.8. The fraction of sp³-hybridized carbons (Fsp3) is 0.963. The van der Waals surface area contributed by atoms with Crippen LogP contribution in [0.25, 0.3) is 0 Å². The summed E-state index contributed by atoms with van der Waals surface area (Å²) in [5.74, 6) is 6.82. The van der Waals surface area contributed by atoms with Crippen molar-refractivity contribution >= 4 is 5.78 Å². The molecule has 0 N–H and O–H groups in total. The largest absolute Gasteiger partial charge is 0.300 e. The lowest BCUT2D eigenvalue weighted by Crippen LogP contribution is -2.53. The highest BCUT2D eigenvalue weighted by atomic mass is 16.1. The molecule has 4 aliphatic carbocycles. The molecule has 8 atom stereocenters. The van der Waals surface area contributed by atoms with E-state index in [1.165, 1.54) is 64.2 Å². The number of hydrogen-bond acceptors (Lipinski definition) is 1. The van der Waals surface area contributed by atoms with Crippen LogP contribution in [0.1, 0.15) is 112 Å². The van der Waals surface area contributed by atoms with Crippen molar-refractivity contribution in [1.82, 2.24) is 0 Å². The zero-order valence-electron chi connectivity index (χ0n) is 19.4. The fourth-order valence-corrected chi connectivity index (χ4v) is 9.07. The Labute approximate surface area is 174 Å². The van der Waals surface area contributed by atoms with Gasteiger partial charge in [-0.25, -0.2) is 0 Å². The molecule has 0 heterocycles. The van der Waals surface area contributed by atoms with Gasteiger partial charge < -0.3 is 0 Å². The highest BCUT2D eigenvalue weighted by Crippen LogP contribution is 2.68. The topological polar surface area (TPSA) is 17.1 Å². The second-order valence-corrected chi connectivity index (χ2v) is 12.4. The van der Waals surface area contributed by atoms with Gasteiger partial charge in [-0.1, -0.05) is 53.9 Å². The van der Waals surface area contributed by atoms with Gasteiger partial charge >= 0.3 is 0 Å². The maximum atomic E-state index is 12.1. The highest BCUT2D eigenvalue weighted by Gasteiger charge is 2.60. The van der Waals surface area contributed by atoms with E-state index in [-0.39, 0.29) is 0 Å². The van der Waals surface area contributed by atoms with Crippen molar-refractivity contribution in [2.45, 2.75) is 112 Å². The van der Waals surface area contributed by atoms with Crippen LogP contribution in [0, 0.1) is 52.3 Å². The molecule has 28 heavy (non-hydrogen) atoms. The number of carbonyl (C=O) groups is 1. The summed E-state index contributed by atoms with van der Waals surface area (Å²) in [5, 5.41) is 0. The van der Waals surface area contributed by atoms with Crippen molar-refractivity contribution < 1.29 is 4.79 Å². The Balaban J connectivity index is 1.47. The lowest BCUT2D eigenvalue weighted by atomic mass is 9.44. The van der Waals surface area contributed by atoms with Gasteiger partial charge in [-0.2, -0.15) is 0 Å². The van der Waals surface area contributed by atoms with Crippen LogP contribution >= 0.6 is 0 Å². The number of rotatable bonds is 5. The van der Waals surface area contributed by atoms with Gasteiger partial charge in [0.25, 0.3) is 0 Å². The summed E-state index contributed by atoms with van der Waals surface area (Å²) in [7, 11) is 0. The van der Waals surface area contributed by atoms with Crippen molar-refractivity contribution in [2.75, 3.05) is 0 Å². The third-order valence-corrected chi connectivity index (χ3v) is 10.7. The van der Waals surface area contributed by atoms with Gasteiger partial charge in [-0.05, 0) is 97.2 Å². The predicted molar refractivity (Wildman–Crippen MR) is 118 cm³/mol.